The smallest absolute Gasteiger partial charge is 0.416 e. The normalized spacial score (nSPS) is 16.4. The van der Waals surface area contributed by atoms with Gasteiger partial charge in [0.15, 0.2) is 11.6 Å². The zero-order chi connectivity index (χ0) is 28.3. The summed E-state index contributed by atoms with van der Waals surface area (Å²) in [4.78, 5) is 47.4. The number of carbonyl (C=O) groups is 3. The van der Waals surface area contributed by atoms with Crippen molar-refractivity contribution in [2.45, 2.75) is 12.2 Å². The molecule has 1 aromatic heterocycles. The molecular formula is C27H26F3N5O4S. The van der Waals surface area contributed by atoms with Crippen molar-refractivity contribution in [2.24, 2.45) is 0 Å². The fourth-order valence-corrected chi connectivity index (χ4v) is 5.20. The third-order valence-electron chi connectivity index (χ3n) is 6.83. The number of aromatic nitrogens is 1. The van der Waals surface area contributed by atoms with Crippen LogP contribution in [0.4, 0.5) is 18.9 Å². The highest BCUT2D eigenvalue weighted by Crippen LogP contribution is 2.30. The number of alkyl halides is 3. The number of hydrogen-bond donors (Lipinski definition) is 1. The standard InChI is InChI=1S/C27H26F3N5O4S/c28-27(29,30)19-2-1-3-20(14-19)32-23(36)17-39-22-6-4-18(5-7-22)25(37)35-15-21(16-35)33-9-11-34(12-10-33)26(38)24-31-8-13-40-24/h1-8,13-14,21H,9-12,15-17H2,(H,32,36). The molecule has 3 heterocycles. The maximum absolute atomic E-state index is 12.9. The van der Waals surface area contributed by atoms with Crippen molar-refractivity contribution < 1.29 is 32.3 Å². The Labute approximate surface area is 232 Å². The van der Waals surface area contributed by atoms with E-state index in [0.29, 0.717) is 42.5 Å². The van der Waals surface area contributed by atoms with Crippen LogP contribution in [0.25, 0.3) is 0 Å². The van der Waals surface area contributed by atoms with Gasteiger partial charge in [-0.05, 0) is 42.5 Å². The minimum absolute atomic E-state index is 0.0169. The van der Waals surface area contributed by atoms with Crippen molar-refractivity contribution in [3.63, 3.8) is 0 Å². The molecule has 0 spiro atoms. The minimum Gasteiger partial charge on any atom is -0.484 e. The lowest BCUT2D eigenvalue weighted by molar-refractivity contribution is -0.137. The molecule has 0 saturated carbocycles. The number of piperazine rings is 1. The Morgan fingerprint density at radius 3 is 2.35 bits per heavy atom. The number of amides is 3. The Morgan fingerprint density at radius 1 is 0.975 bits per heavy atom. The predicted molar refractivity (Wildman–Crippen MR) is 141 cm³/mol. The molecule has 2 aliphatic rings. The zero-order valence-electron chi connectivity index (χ0n) is 21.3. The van der Waals surface area contributed by atoms with Gasteiger partial charge >= 0.3 is 6.18 Å². The molecule has 0 bridgehead atoms. The van der Waals surface area contributed by atoms with Crippen LogP contribution in [0, 0.1) is 0 Å². The van der Waals surface area contributed by atoms with Crippen molar-refractivity contribution >= 4 is 34.7 Å². The molecule has 0 unspecified atom stereocenters. The molecular weight excluding hydrogens is 547 g/mol. The molecule has 2 saturated heterocycles. The van der Waals surface area contributed by atoms with Crippen LogP contribution >= 0.6 is 11.3 Å². The first kappa shape index (κ1) is 27.6. The molecule has 5 rings (SSSR count). The van der Waals surface area contributed by atoms with Crippen LogP contribution in [0.15, 0.2) is 60.1 Å². The highest BCUT2D eigenvalue weighted by atomic mass is 32.1. The molecule has 2 fully saturated rings. The first-order valence-corrected chi connectivity index (χ1v) is 13.5. The van der Waals surface area contributed by atoms with Gasteiger partial charge in [0.25, 0.3) is 17.7 Å². The fourth-order valence-electron chi connectivity index (χ4n) is 4.60. The van der Waals surface area contributed by atoms with Gasteiger partial charge in [-0.15, -0.1) is 11.3 Å². The van der Waals surface area contributed by atoms with Crippen LogP contribution in [0.1, 0.15) is 25.7 Å². The number of benzene rings is 2. The Balaban J connectivity index is 1.04. The highest BCUT2D eigenvalue weighted by molar-refractivity contribution is 7.11. The summed E-state index contributed by atoms with van der Waals surface area (Å²) in [6.45, 7) is 3.56. The summed E-state index contributed by atoms with van der Waals surface area (Å²) in [7, 11) is 0. The van der Waals surface area contributed by atoms with E-state index in [9.17, 15) is 27.6 Å². The Kier molecular flexibility index (Phi) is 8.03. The van der Waals surface area contributed by atoms with Crippen molar-refractivity contribution in [3.05, 3.63) is 76.2 Å². The number of nitrogens with one attached hydrogen (secondary N) is 1. The van der Waals surface area contributed by atoms with Crippen molar-refractivity contribution in [1.82, 2.24) is 19.7 Å². The molecule has 2 aromatic carbocycles. The number of halogens is 3. The summed E-state index contributed by atoms with van der Waals surface area (Å²) < 4.78 is 43.9. The predicted octanol–water partition coefficient (Wildman–Crippen LogP) is 3.46. The van der Waals surface area contributed by atoms with Gasteiger partial charge in [0.2, 0.25) is 0 Å². The molecule has 2 aliphatic heterocycles. The SMILES string of the molecule is O=C(COc1ccc(C(=O)N2CC(N3CCN(C(=O)c4nccs4)CC3)C2)cc1)Nc1cccc(C(F)(F)F)c1. The molecule has 3 aromatic rings. The molecule has 210 valence electrons. The monoisotopic (exact) mass is 573 g/mol. The van der Waals surface area contributed by atoms with E-state index in [0.717, 1.165) is 25.2 Å². The van der Waals surface area contributed by atoms with Gasteiger partial charge in [-0.2, -0.15) is 13.2 Å². The summed E-state index contributed by atoms with van der Waals surface area (Å²) in [6, 6.07) is 11.0. The molecule has 0 radical (unpaired) electrons. The Bertz CT molecular complexity index is 1350. The lowest BCUT2D eigenvalue weighted by atomic mass is 10.0. The number of rotatable bonds is 7. The van der Waals surface area contributed by atoms with E-state index in [1.165, 1.54) is 23.5 Å². The molecule has 13 heteroatoms. The molecule has 3 amide bonds. The lowest BCUT2D eigenvalue weighted by Crippen LogP contribution is -2.64. The summed E-state index contributed by atoms with van der Waals surface area (Å²) in [6.07, 6.45) is -2.88. The van der Waals surface area contributed by atoms with E-state index in [-0.39, 0.29) is 23.5 Å². The van der Waals surface area contributed by atoms with Gasteiger partial charge in [-0.3, -0.25) is 19.3 Å². The van der Waals surface area contributed by atoms with E-state index in [4.69, 9.17) is 4.74 Å². The van der Waals surface area contributed by atoms with Crippen molar-refractivity contribution in [1.29, 1.82) is 0 Å². The second-order valence-electron chi connectivity index (χ2n) is 9.47. The van der Waals surface area contributed by atoms with Crippen LogP contribution in [0.2, 0.25) is 0 Å². The Hall–Kier alpha value is -3.97. The van der Waals surface area contributed by atoms with Crippen LogP contribution in [0.3, 0.4) is 0 Å². The first-order chi connectivity index (χ1) is 19.2. The largest absolute Gasteiger partial charge is 0.484 e. The average molecular weight is 574 g/mol. The maximum Gasteiger partial charge on any atom is 0.416 e. The van der Waals surface area contributed by atoms with E-state index < -0.39 is 24.3 Å². The fraction of sp³-hybridized carbons (Fsp3) is 0.333. The van der Waals surface area contributed by atoms with Gasteiger partial charge < -0.3 is 19.9 Å². The summed E-state index contributed by atoms with van der Waals surface area (Å²) in [5.41, 5.74) is -0.358. The second kappa shape index (κ2) is 11.6. The zero-order valence-corrected chi connectivity index (χ0v) is 22.1. The quantitative estimate of drug-likeness (QED) is 0.465. The van der Waals surface area contributed by atoms with Crippen LogP contribution < -0.4 is 10.1 Å². The Morgan fingerprint density at radius 2 is 1.70 bits per heavy atom. The minimum atomic E-state index is -4.51. The van der Waals surface area contributed by atoms with E-state index >= 15 is 0 Å². The number of carbonyl (C=O) groups excluding carboxylic acids is 3. The summed E-state index contributed by atoms with van der Waals surface area (Å²) in [5, 5.41) is 4.67. The topological polar surface area (TPSA) is 95.1 Å². The van der Waals surface area contributed by atoms with Crippen LogP contribution in [-0.2, 0) is 11.0 Å². The van der Waals surface area contributed by atoms with Gasteiger partial charge in [-0.1, -0.05) is 6.07 Å². The molecule has 0 atom stereocenters. The number of likely N-dealkylation sites (tertiary alicyclic amines) is 1. The number of nitrogens with zero attached hydrogens (tertiary/aromatic N) is 4. The molecule has 9 nitrogen and oxygen atoms in total. The van der Waals surface area contributed by atoms with E-state index in [2.05, 4.69) is 15.2 Å². The third-order valence-corrected chi connectivity index (χ3v) is 7.59. The summed E-state index contributed by atoms with van der Waals surface area (Å²) in [5.74, 6) is -0.409. The highest BCUT2D eigenvalue weighted by Gasteiger charge is 2.37. The second-order valence-corrected chi connectivity index (χ2v) is 10.4. The first-order valence-electron chi connectivity index (χ1n) is 12.6. The van der Waals surface area contributed by atoms with Crippen LogP contribution in [-0.4, -0.2) is 89.3 Å². The maximum atomic E-state index is 12.9. The van der Waals surface area contributed by atoms with Crippen LogP contribution in [0.5, 0.6) is 5.75 Å². The number of hydrogen-bond acceptors (Lipinski definition) is 7. The third kappa shape index (κ3) is 6.42. The van der Waals surface area contributed by atoms with Crippen molar-refractivity contribution in [2.75, 3.05) is 51.2 Å². The lowest BCUT2D eigenvalue weighted by Gasteiger charge is -2.48. The molecule has 40 heavy (non-hydrogen) atoms. The van der Waals surface area contributed by atoms with Gasteiger partial charge in [0.1, 0.15) is 5.75 Å². The van der Waals surface area contributed by atoms with Crippen molar-refractivity contribution in [3.8, 4) is 5.75 Å². The number of anilines is 1. The average Bonchev–Trinajstić information content (AvgIpc) is 3.46. The van der Waals surface area contributed by atoms with Gasteiger partial charge in [0, 0.05) is 68.1 Å². The van der Waals surface area contributed by atoms with E-state index in [1.54, 1.807) is 40.7 Å². The number of thiazole rings is 1. The number of ether oxygens (including phenoxy) is 1. The molecule has 1 N–H and O–H groups in total. The summed E-state index contributed by atoms with van der Waals surface area (Å²) >= 11 is 1.34. The van der Waals surface area contributed by atoms with Gasteiger partial charge in [-0.25, -0.2) is 4.98 Å². The molecule has 0 aliphatic carbocycles. The van der Waals surface area contributed by atoms with E-state index in [1.807, 2.05) is 4.90 Å². The van der Waals surface area contributed by atoms with Gasteiger partial charge in [0.05, 0.1) is 5.56 Å².